The number of rotatable bonds is 4. The zero-order valence-electron chi connectivity index (χ0n) is 10.2. The molecule has 2 aromatic rings. The Kier molecular flexibility index (Phi) is 3.88. The molecule has 0 spiro atoms. The van der Waals surface area contributed by atoms with Crippen LogP contribution in [0, 0.1) is 0 Å². The smallest absolute Gasteiger partial charge is 0.221 e. The Bertz CT molecular complexity index is 527. The van der Waals surface area contributed by atoms with Crippen LogP contribution in [0.15, 0.2) is 29.8 Å². The average Bonchev–Trinajstić information content (AvgIpc) is 2.81. The Labute approximate surface area is 109 Å². The van der Waals surface area contributed by atoms with Crippen molar-refractivity contribution < 1.29 is 4.79 Å². The van der Waals surface area contributed by atoms with E-state index in [2.05, 4.69) is 20.8 Å². The van der Waals surface area contributed by atoms with Gasteiger partial charge in [0, 0.05) is 12.6 Å². The van der Waals surface area contributed by atoms with Gasteiger partial charge in [0.1, 0.15) is 5.51 Å². The van der Waals surface area contributed by atoms with Crippen LogP contribution in [0.4, 0.5) is 10.8 Å². The van der Waals surface area contributed by atoms with Crippen molar-refractivity contribution in [3.63, 3.8) is 0 Å². The Balaban J connectivity index is 2.10. The van der Waals surface area contributed by atoms with Crippen LogP contribution < -0.4 is 10.6 Å². The number of nitrogens with zero attached hydrogens (tertiary/aromatic N) is 2. The molecule has 0 bridgehead atoms. The highest BCUT2D eigenvalue weighted by Gasteiger charge is 2.08. The minimum Gasteiger partial charge on any atom is -0.354 e. The number of benzene rings is 1. The first kappa shape index (κ1) is 12.5. The van der Waals surface area contributed by atoms with Crippen molar-refractivity contribution in [1.82, 2.24) is 10.2 Å². The Morgan fingerprint density at radius 3 is 2.94 bits per heavy atom. The van der Waals surface area contributed by atoms with Crippen LogP contribution in [0.5, 0.6) is 0 Å². The van der Waals surface area contributed by atoms with Gasteiger partial charge < -0.3 is 10.6 Å². The van der Waals surface area contributed by atoms with E-state index < -0.39 is 0 Å². The normalized spacial score (nSPS) is 11.9. The lowest BCUT2D eigenvalue weighted by Crippen LogP contribution is -2.09. The topological polar surface area (TPSA) is 66.9 Å². The van der Waals surface area contributed by atoms with E-state index in [0.717, 1.165) is 16.4 Å². The fraction of sp³-hybridized carbons (Fsp3) is 0.250. The van der Waals surface area contributed by atoms with Crippen LogP contribution in [-0.4, -0.2) is 16.1 Å². The third-order valence-corrected chi connectivity index (χ3v) is 3.03. The maximum absolute atomic E-state index is 11.0. The molecule has 0 fully saturated rings. The first-order valence-electron chi connectivity index (χ1n) is 5.55. The molecule has 94 valence electrons. The van der Waals surface area contributed by atoms with Gasteiger partial charge in [-0.25, -0.2) is 0 Å². The minimum atomic E-state index is -0.0723. The van der Waals surface area contributed by atoms with Crippen LogP contribution in [0.25, 0.3) is 0 Å². The van der Waals surface area contributed by atoms with Gasteiger partial charge in [0.05, 0.1) is 6.04 Å². The van der Waals surface area contributed by atoms with E-state index in [9.17, 15) is 4.79 Å². The summed E-state index contributed by atoms with van der Waals surface area (Å²) in [4.78, 5) is 11.0. The van der Waals surface area contributed by atoms with Gasteiger partial charge in [0.2, 0.25) is 11.0 Å². The van der Waals surface area contributed by atoms with Crippen LogP contribution in [0.2, 0.25) is 0 Å². The fourth-order valence-corrected chi connectivity index (χ4v) is 2.13. The predicted molar refractivity (Wildman–Crippen MR) is 72.7 cm³/mol. The summed E-state index contributed by atoms with van der Waals surface area (Å²) >= 11 is 1.46. The monoisotopic (exact) mass is 262 g/mol. The molecule has 1 aromatic heterocycles. The number of nitrogens with one attached hydrogen (secondary N) is 2. The number of aromatic nitrogens is 2. The van der Waals surface area contributed by atoms with E-state index in [1.54, 1.807) is 5.51 Å². The molecule has 5 nitrogen and oxygen atoms in total. The summed E-state index contributed by atoms with van der Waals surface area (Å²) in [6, 6.07) is 7.83. The molecule has 6 heteroatoms. The predicted octanol–water partition coefficient (Wildman–Crippen LogP) is 2.67. The molecule has 0 radical (unpaired) electrons. The van der Waals surface area contributed by atoms with Crippen LogP contribution in [-0.2, 0) is 4.79 Å². The van der Waals surface area contributed by atoms with Gasteiger partial charge in [0.15, 0.2) is 0 Å². The molecular weight excluding hydrogens is 248 g/mol. The standard InChI is InChI=1S/C12H14N4OS/c1-8(14-12-16-13-7-18-12)10-4-3-5-11(6-10)15-9(2)17/h3-8H,1-2H3,(H,14,16)(H,15,17). The molecule has 2 rings (SSSR count). The molecule has 1 unspecified atom stereocenters. The molecule has 0 aliphatic rings. The van der Waals surface area contributed by atoms with Crippen LogP contribution >= 0.6 is 11.3 Å². The van der Waals surface area contributed by atoms with Gasteiger partial charge in [-0.1, -0.05) is 23.5 Å². The van der Waals surface area contributed by atoms with Crippen molar-refractivity contribution in [1.29, 1.82) is 0 Å². The van der Waals surface area contributed by atoms with E-state index in [1.165, 1.54) is 18.3 Å². The van der Waals surface area contributed by atoms with Gasteiger partial charge in [-0.15, -0.1) is 10.2 Å². The molecule has 1 amide bonds. The van der Waals surface area contributed by atoms with Gasteiger partial charge in [-0.05, 0) is 24.6 Å². The zero-order valence-corrected chi connectivity index (χ0v) is 11.0. The van der Waals surface area contributed by atoms with Crippen LogP contribution in [0.1, 0.15) is 25.5 Å². The highest BCUT2D eigenvalue weighted by Crippen LogP contribution is 2.22. The first-order valence-corrected chi connectivity index (χ1v) is 6.43. The molecule has 0 aliphatic heterocycles. The SMILES string of the molecule is CC(=O)Nc1cccc(C(C)Nc2nncs2)c1. The van der Waals surface area contributed by atoms with E-state index in [-0.39, 0.29) is 11.9 Å². The van der Waals surface area contributed by atoms with E-state index in [1.807, 2.05) is 31.2 Å². The summed E-state index contributed by atoms with van der Waals surface area (Å²) in [6.45, 7) is 3.53. The lowest BCUT2D eigenvalue weighted by atomic mass is 10.1. The van der Waals surface area contributed by atoms with Gasteiger partial charge >= 0.3 is 0 Å². The van der Waals surface area contributed by atoms with Crippen LogP contribution in [0.3, 0.4) is 0 Å². The molecule has 0 aliphatic carbocycles. The molecule has 1 aromatic carbocycles. The number of anilines is 2. The molecular formula is C12H14N4OS. The maximum atomic E-state index is 11.0. The van der Waals surface area contributed by atoms with Crippen molar-refractivity contribution in [2.24, 2.45) is 0 Å². The van der Waals surface area contributed by atoms with E-state index in [0.29, 0.717) is 0 Å². The Morgan fingerprint density at radius 1 is 1.44 bits per heavy atom. The minimum absolute atomic E-state index is 0.0723. The van der Waals surface area contributed by atoms with E-state index in [4.69, 9.17) is 0 Å². The lowest BCUT2D eigenvalue weighted by Gasteiger charge is -2.14. The Morgan fingerprint density at radius 2 is 2.28 bits per heavy atom. The molecule has 0 saturated heterocycles. The third kappa shape index (κ3) is 3.27. The summed E-state index contributed by atoms with van der Waals surface area (Å²) in [7, 11) is 0. The van der Waals surface area contributed by atoms with Crippen molar-refractivity contribution in [2.75, 3.05) is 10.6 Å². The van der Waals surface area contributed by atoms with Crippen molar-refractivity contribution in [3.8, 4) is 0 Å². The number of hydrogen-bond acceptors (Lipinski definition) is 5. The summed E-state index contributed by atoms with van der Waals surface area (Å²) in [5.74, 6) is -0.0723. The Hall–Kier alpha value is -1.95. The van der Waals surface area contributed by atoms with Crippen molar-refractivity contribution >= 4 is 28.1 Å². The number of carbonyl (C=O) groups excluding carboxylic acids is 1. The lowest BCUT2D eigenvalue weighted by molar-refractivity contribution is -0.114. The first-order chi connectivity index (χ1) is 8.65. The number of hydrogen-bond donors (Lipinski definition) is 2. The highest BCUT2D eigenvalue weighted by atomic mass is 32.1. The molecule has 1 heterocycles. The second kappa shape index (κ2) is 5.59. The third-order valence-electron chi connectivity index (χ3n) is 2.41. The van der Waals surface area contributed by atoms with Gasteiger partial charge in [-0.3, -0.25) is 4.79 Å². The molecule has 0 saturated carbocycles. The zero-order chi connectivity index (χ0) is 13.0. The fourth-order valence-electron chi connectivity index (χ4n) is 1.59. The molecule has 18 heavy (non-hydrogen) atoms. The largest absolute Gasteiger partial charge is 0.354 e. The summed E-state index contributed by atoms with van der Waals surface area (Å²) < 4.78 is 0. The summed E-state index contributed by atoms with van der Waals surface area (Å²) in [5.41, 5.74) is 3.56. The molecule has 2 N–H and O–H groups in total. The maximum Gasteiger partial charge on any atom is 0.221 e. The molecule has 1 atom stereocenters. The quantitative estimate of drug-likeness (QED) is 0.889. The highest BCUT2D eigenvalue weighted by molar-refractivity contribution is 7.13. The van der Waals surface area contributed by atoms with Crippen molar-refractivity contribution in [2.45, 2.75) is 19.9 Å². The second-order valence-corrected chi connectivity index (χ2v) is 4.75. The average molecular weight is 262 g/mol. The van der Waals surface area contributed by atoms with Gasteiger partial charge in [0.25, 0.3) is 0 Å². The number of carbonyl (C=O) groups is 1. The summed E-state index contributed by atoms with van der Waals surface area (Å²) in [6.07, 6.45) is 0. The van der Waals surface area contributed by atoms with Gasteiger partial charge in [-0.2, -0.15) is 0 Å². The summed E-state index contributed by atoms with van der Waals surface area (Å²) in [5, 5.41) is 14.5. The second-order valence-electron chi connectivity index (χ2n) is 3.92. The number of amides is 1. The van der Waals surface area contributed by atoms with E-state index >= 15 is 0 Å². The van der Waals surface area contributed by atoms with Crippen molar-refractivity contribution in [3.05, 3.63) is 35.3 Å².